The molecule has 0 amide bonds. The van der Waals surface area contributed by atoms with Crippen molar-refractivity contribution < 1.29 is 24.1 Å². The summed E-state index contributed by atoms with van der Waals surface area (Å²) < 4.78 is 10.3. The normalized spacial score (nSPS) is 9.07. The monoisotopic (exact) mass is 219 g/mol. The molecule has 0 aliphatic carbocycles. The summed E-state index contributed by atoms with van der Waals surface area (Å²) >= 11 is 0. The van der Waals surface area contributed by atoms with E-state index >= 15 is 0 Å². The van der Waals surface area contributed by atoms with E-state index in [1.54, 1.807) is 0 Å². The van der Waals surface area contributed by atoms with Gasteiger partial charge in [-0.15, -0.1) is 0 Å². The van der Waals surface area contributed by atoms with Gasteiger partial charge >= 0.3 is 55.1 Å². The van der Waals surface area contributed by atoms with E-state index in [1.165, 1.54) is 0 Å². The third-order valence-corrected chi connectivity index (χ3v) is 1.76. The topological polar surface area (TPSA) is 77.4 Å². The van der Waals surface area contributed by atoms with Gasteiger partial charge in [-0.2, -0.15) is 0 Å². The van der Waals surface area contributed by atoms with E-state index in [0.717, 1.165) is 6.08 Å². The van der Waals surface area contributed by atoms with Crippen molar-refractivity contribution in [2.75, 3.05) is 27.2 Å². The van der Waals surface area contributed by atoms with E-state index in [9.17, 15) is 4.57 Å². The fourth-order valence-corrected chi connectivity index (χ4v) is 0.732. The van der Waals surface area contributed by atoms with Crippen molar-refractivity contribution in [1.29, 1.82) is 0 Å². The van der Waals surface area contributed by atoms with Crippen LogP contribution < -0.4 is 5.11 Å². The minimum absolute atomic E-state index is 0.0928. The Morgan fingerprint density at radius 3 is 2.36 bits per heavy atom. The molecule has 0 aliphatic heterocycles. The molecule has 5 nitrogen and oxygen atoms in total. The molecule has 0 aromatic rings. The summed E-state index contributed by atoms with van der Waals surface area (Å²) in [4.78, 5) is 9.14. The zero-order chi connectivity index (χ0) is 11.6. The summed E-state index contributed by atoms with van der Waals surface area (Å²) in [6.07, 6.45) is 0.722. The van der Waals surface area contributed by atoms with Crippen LogP contribution in [0.1, 0.15) is 0 Å². The first-order valence-electron chi connectivity index (χ1n) is 3.76. The number of carbonyl (C=O) groups is 1. The van der Waals surface area contributed by atoms with Crippen LogP contribution in [0.5, 0.6) is 0 Å². The zero-order valence-corrected chi connectivity index (χ0v) is 9.16. The van der Waals surface area contributed by atoms with Crippen molar-refractivity contribution in [3.05, 3.63) is 12.7 Å². The SMILES string of the molecule is C=CC(=O)[O-].C[N+](C)(C#P=O)CCO. The predicted molar refractivity (Wildman–Crippen MR) is 50.8 cm³/mol. The van der Waals surface area contributed by atoms with E-state index < -0.39 is 5.97 Å². The van der Waals surface area contributed by atoms with E-state index in [0.29, 0.717) is 11.0 Å². The minimum atomic E-state index is -1.23. The second-order valence-electron chi connectivity index (χ2n) is 2.85. The van der Waals surface area contributed by atoms with Gasteiger partial charge in [0.2, 0.25) is 0 Å². The molecule has 0 rings (SSSR count). The molecule has 0 fully saturated rings. The van der Waals surface area contributed by atoms with Crippen LogP contribution in [0.2, 0.25) is 0 Å². The molecule has 0 heterocycles. The first kappa shape index (κ1) is 15.6. The van der Waals surface area contributed by atoms with Crippen molar-refractivity contribution in [3.63, 3.8) is 0 Å². The predicted octanol–water partition coefficient (Wildman–Crippen LogP) is -0.814. The Kier molecular flexibility index (Phi) is 9.73. The van der Waals surface area contributed by atoms with Crippen LogP contribution in [-0.4, -0.2) is 42.8 Å². The van der Waals surface area contributed by atoms with Gasteiger partial charge < -0.3 is 9.90 Å². The summed E-state index contributed by atoms with van der Waals surface area (Å²) in [7, 11) is 3.54. The number of carboxylic acid groups (broad SMARTS) is 1. The fraction of sp³-hybridized carbons (Fsp3) is 0.500. The van der Waals surface area contributed by atoms with Crippen molar-refractivity contribution in [3.8, 4) is 5.75 Å². The molecule has 6 heteroatoms. The average molecular weight is 219 g/mol. The van der Waals surface area contributed by atoms with Crippen molar-refractivity contribution >= 4 is 13.9 Å². The Morgan fingerprint density at radius 1 is 1.71 bits per heavy atom. The van der Waals surface area contributed by atoms with Gasteiger partial charge in [-0.05, 0) is 6.08 Å². The summed E-state index contributed by atoms with van der Waals surface area (Å²) in [6, 6.07) is 0. The average Bonchev–Trinajstić information content (AvgIpc) is 2.05. The number of likely N-dealkylation sites (N-methyl/N-ethyl adjacent to an activating group) is 1. The first-order chi connectivity index (χ1) is 6.39. The van der Waals surface area contributed by atoms with Crippen molar-refractivity contribution in [2.24, 2.45) is 0 Å². The van der Waals surface area contributed by atoms with E-state index in [4.69, 9.17) is 15.0 Å². The molecule has 0 aromatic carbocycles. The number of nitrogens with zero attached hydrogens (tertiary/aromatic N) is 1. The first-order valence-corrected chi connectivity index (χ1v) is 4.57. The van der Waals surface area contributed by atoms with Crippen LogP contribution in [0, 0.1) is 5.75 Å². The van der Waals surface area contributed by atoms with E-state index in [1.807, 2.05) is 14.1 Å². The van der Waals surface area contributed by atoms with Gasteiger partial charge in [0, 0.05) is 0 Å². The summed E-state index contributed by atoms with van der Waals surface area (Å²) in [5, 5.41) is 17.6. The van der Waals surface area contributed by atoms with Gasteiger partial charge in [0.05, 0.1) is 5.97 Å². The van der Waals surface area contributed by atoms with Gasteiger partial charge in [-0.3, -0.25) is 0 Å². The Labute approximate surface area is 84.4 Å². The van der Waals surface area contributed by atoms with Gasteiger partial charge in [-0.25, -0.2) is 0 Å². The molecule has 0 bridgehead atoms. The number of carboxylic acids is 1. The van der Waals surface area contributed by atoms with Crippen LogP contribution in [0.25, 0.3) is 0 Å². The summed E-state index contributed by atoms with van der Waals surface area (Å²) in [5.41, 5.74) is 0. The molecular weight excluding hydrogens is 205 g/mol. The van der Waals surface area contributed by atoms with Gasteiger partial charge in [-0.1, -0.05) is 6.58 Å². The molecule has 0 unspecified atom stereocenters. The number of aliphatic carboxylic acids is 1. The van der Waals surface area contributed by atoms with Gasteiger partial charge in [0.25, 0.3) is 0 Å². The maximum atomic E-state index is 9.98. The Hall–Kier alpha value is -0.860. The third kappa shape index (κ3) is 13.7. The van der Waals surface area contributed by atoms with Crippen molar-refractivity contribution in [2.45, 2.75) is 0 Å². The van der Waals surface area contributed by atoms with Gasteiger partial charge in [0.1, 0.15) is 0 Å². The molecule has 0 saturated carbocycles. The molecule has 0 aliphatic rings. The second-order valence-corrected chi connectivity index (χ2v) is 3.23. The molecule has 0 spiro atoms. The summed E-state index contributed by atoms with van der Waals surface area (Å²) in [5.74, 6) is 1.39. The standard InChI is InChI=1S/C5H11NO2P.C3H4O2/c1-6(2,3-4-7)5-9-8;1-2-3(4)5/h7H,3-4H2,1-2H3;2H,1H2,(H,4,5)/q+1;/p-1. The number of rotatable bonds is 3. The van der Waals surface area contributed by atoms with Crippen LogP contribution >= 0.6 is 7.92 Å². The molecule has 0 aromatic heterocycles. The van der Waals surface area contributed by atoms with Crippen LogP contribution in [0.15, 0.2) is 12.7 Å². The second kappa shape index (κ2) is 8.73. The number of aliphatic hydroxyl groups is 1. The number of carbonyl (C=O) groups excluding carboxylic acids is 1. The maximum absolute atomic E-state index is 9.98. The molecule has 14 heavy (non-hydrogen) atoms. The van der Waals surface area contributed by atoms with Crippen molar-refractivity contribution in [1.82, 2.24) is 0 Å². The molecular formula is C8H14NO4P. The van der Waals surface area contributed by atoms with Crippen LogP contribution in [-0.2, 0) is 9.36 Å². The quantitative estimate of drug-likeness (QED) is 0.382. The Balaban J connectivity index is 0. The van der Waals surface area contributed by atoms with E-state index in [-0.39, 0.29) is 14.5 Å². The molecule has 80 valence electrons. The van der Waals surface area contributed by atoms with Crippen LogP contribution in [0.3, 0.4) is 0 Å². The Bertz CT molecular complexity index is 281. The third-order valence-electron chi connectivity index (χ3n) is 1.14. The molecule has 1 N–H and O–H groups in total. The molecule has 0 saturated heterocycles. The van der Waals surface area contributed by atoms with E-state index in [2.05, 4.69) is 12.3 Å². The number of hydrogen-bond donors (Lipinski definition) is 1. The summed E-state index contributed by atoms with van der Waals surface area (Å²) in [6.45, 7) is 3.54. The molecule has 0 atom stereocenters. The Morgan fingerprint density at radius 2 is 2.14 bits per heavy atom. The van der Waals surface area contributed by atoms with Crippen LogP contribution in [0.4, 0.5) is 0 Å². The zero-order valence-electron chi connectivity index (χ0n) is 8.27. The number of aliphatic hydroxyl groups excluding tert-OH is 1. The van der Waals surface area contributed by atoms with Gasteiger partial charge in [0.15, 0.2) is 0 Å². The number of quaternary nitrogens is 1. The number of hydrogen-bond acceptors (Lipinski definition) is 4. The fourth-order valence-electron chi connectivity index (χ4n) is 0.411. The molecule has 0 radical (unpaired) electrons.